The predicted octanol–water partition coefficient (Wildman–Crippen LogP) is 2.51. The van der Waals surface area contributed by atoms with Crippen LogP contribution in [0.4, 0.5) is 8.78 Å². The third kappa shape index (κ3) is 3.03. The second-order valence-corrected chi connectivity index (χ2v) is 6.80. The summed E-state index contributed by atoms with van der Waals surface area (Å²) >= 11 is 0. The molecule has 23 heavy (non-hydrogen) atoms. The number of hydrogen-bond acceptors (Lipinski definition) is 3. The molecule has 1 saturated heterocycles. The molecule has 122 valence electrons. The van der Waals surface area contributed by atoms with E-state index in [-0.39, 0.29) is 12.1 Å². The van der Waals surface area contributed by atoms with Crippen molar-refractivity contribution in [3.63, 3.8) is 0 Å². The SMILES string of the molecule is CC1(C)OB(c2cnn(Cc3cc(F)ccc3F)c2)OC1(C)C. The highest BCUT2D eigenvalue weighted by molar-refractivity contribution is 6.61. The van der Waals surface area contributed by atoms with Crippen molar-refractivity contribution < 1.29 is 18.1 Å². The molecule has 0 spiro atoms. The number of benzene rings is 1. The van der Waals surface area contributed by atoms with Gasteiger partial charge in [0.25, 0.3) is 0 Å². The van der Waals surface area contributed by atoms with E-state index in [2.05, 4.69) is 5.10 Å². The average Bonchev–Trinajstić information content (AvgIpc) is 2.97. The first kappa shape index (κ1) is 16.1. The number of hydrogen-bond donors (Lipinski definition) is 0. The molecule has 0 amide bonds. The van der Waals surface area contributed by atoms with E-state index < -0.39 is 30.0 Å². The maximum atomic E-state index is 13.7. The Morgan fingerprint density at radius 2 is 1.78 bits per heavy atom. The van der Waals surface area contributed by atoms with E-state index in [4.69, 9.17) is 9.31 Å². The van der Waals surface area contributed by atoms with Gasteiger partial charge in [-0.2, -0.15) is 5.10 Å². The fourth-order valence-electron chi connectivity index (χ4n) is 2.41. The highest BCUT2D eigenvalue weighted by atomic mass is 19.1. The fraction of sp³-hybridized carbons (Fsp3) is 0.438. The van der Waals surface area contributed by atoms with Crippen molar-refractivity contribution in [2.75, 3.05) is 0 Å². The summed E-state index contributed by atoms with van der Waals surface area (Å²) < 4.78 is 40.4. The van der Waals surface area contributed by atoms with Crippen LogP contribution in [0.1, 0.15) is 33.3 Å². The molecule has 1 aliphatic rings. The monoisotopic (exact) mass is 320 g/mol. The van der Waals surface area contributed by atoms with Gasteiger partial charge in [0.05, 0.1) is 17.7 Å². The first-order valence-corrected chi connectivity index (χ1v) is 7.50. The molecule has 1 aromatic carbocycles. The van der Waals surface area contributed by atoms with Crippen molar-refractivity contribution >= 4 is 12.6 Å². The third-order valence-electron chi connectivity index (χ3n) is 4.52. The molecule has 0 aliphatic carbocycles. The van der Waals surface area contributed by atoms with E-state index in [1.54, 1.807) is 12.4 Å². The Morgan fingerprint density at radius 1 is 1.13 bits per heavy atom. The highest BCUT2D eigenvalue weighted by Crippen LogP contribution is 2.36. The number of halogens is 2. The van der Waals surface area contributed by atoms with Crippen LogP contribution < -0.4 is 5.46 Å². The van der Waals surface area contributed by atoms with E-state index in [1.807, 2.05) is 27.7 Å². The Morgan fingerprint density at radius 3 is 2.43 bits per heavy atom. The van der Waals surface area contributed by atoms with Gasteiger partial charge in [-0.25, -0.2) is 8.78 Å². The van der Waals surface area contributed by atoms with Gasteiger partial charge in [-0.15, -0.1) is 0 Å². The zero-order valence-corrected chi connectivity index (χ0v) is 13.6. The van der Waals surface area contributed by atoms with Crippen LogP contribution in [0.3, 0.4) is 0 Å². The van der Waals surface area contributed by atoms with Crippen LogP contribution in [0.25, 0.3) is 0 Å². The average molecular weight is 320 g/mol. The topological polar surface area (TPSA) is 36.3 Å². The number of aromatic nitrogens is 2. The summed E-state index contributed by atoms with van der Waals surface area (Å²) in [5.74, 6) is -0.932. The Kier molecular flexibility index (Phi) is 3.81. The Bertz CT molecular complexity index is 715. The molecule has 0 N–H and O–H groups in total. The summed E-state index contributed by atoms with van der Waals surface area (Å²) in [6.07, 6.45) is 3.35. The van der Waals surface area contributed by atoms with E-state index in [9.17, 15) is 8.78 Å². The fourth-order valence-corrected chi connectivity index (χ4v) is 2.41. The molecule has 1 fully saturated rings. The standard InChI is InChI=1S/C16H19BF2N2O2/c1-15(2)16(3,4)23-17(22-15)12-8-20-21(10-12)9-11-7-13(18)5-6-14(11)19/h5-8,10H,9H2,1-4H3. The van der Waals surface area contributed by atoms with Crippen molar-refractivity contribution in [2.45, 2.75) is 45.4 Å². The first-order valence-electron chi connectivity index (χ1n) is 7.50. The molecular weight excluding hydrogens is 301 g/mol. The second kappa shape index (κ2) is 5.42. The summed E-state index contributed by atoms with van der Waals surface area (Å²) in [5, 5.41) is 4.19. The van der Waals surface area contributed by atoms with E-state index in [0.717, 1.165) is 17.6 Å². The molecule has 7 heteroatoms. The quantitative estimate of drug-likeness (QED) is 0.816. The van der Waals surface area contributed by atoms with Crippen LogP contribution in [0, 0.1) is 11.6 Å². The van der Waals surface area contributed by atoms with Gasteiger partial charge in [-0.1, -0.05) is 0 Å². The summed E-state index contributed by atoms with van der Waals surface area (Å²) in [6, 6.07) is 3.38. The number of rotatable bonds is 3. The Labute approximate surface area is 134 Å². The first-order chi connectivity index (χ1) is 10.7. The molecule has 4 nitrogen and oxygen atoms in total. The van der Waals surface area contributed by atoms with Crippen LogP contribution in [0.5, 0.6) is 0 Å². The van der Waals surface area contributed by atoms with Crippen molar-refractivity contribution in [3.8, 4) is 0 Å². The van der Waals surface area contributed by atoms with Gasteiger partial charge >= 0.3 is 7.12 Å². The summed E-state index contributed by atoms with van der Waals surface area (Å²) in [7, 11) is -0.522. The van der Waals surface area contributed by atoms with Crippen LogP contribution in [0.15, 0.2) is 30.6 Å². The maximum Gasteiger partial charge on any atom is 0.498 e. The van der Waals surface area contributed by atoms with Gasteiger partial charge in [0, 0.05) is 23.4 Å². The predicted molar refractivity (Wildman–Crippen MR) is 83.4 cm³/mol. The van der Waals surface area contributed by atoms with Crippen LogP contribution in [-0.2, 0) is 15.9 Å². The normalized spacial score (nSPS) is 19.3. The van der Waals surface area contributed by atoms with Gasteiger partial charge in [0.1, 0.15) is 11.6 Å². The summed E-state index contributed by atoms with van der Waals surface area (Å²) in [4.78, 5) is 0. The van der Waals surface area contributed by atoms with E-state index >= 15 is 0 Å². The smallest absolute Gasteiger partial charge is 0.399 e. The van der Waals surface area contributed by atoms with Crippen LogP contribution in [0.2, 0.25) is 0 Å². The van der Waals surface area contributed by atoms with Crippen molar-refractivity contribution in [2.24, 2.45) is 0 Å². The molecule has 0 bridgehead atoms. The Hall–Kier alpha value is -1.73. The lowest BCUT2D eigenvalue weighted by molar-refractivity contribution is 0.00578. The van der Waals surface area contributed by atoms with Crippen LogP contribution in [-0.4, -0.2) is 28.1 Å². The molecule has 2 heterocycles. The zero-order chi connectivity index (χ0) is 16.8. The van der Waals surface area contributed by atoms with Crippen molar-refractivity contribution in [1.82, 2.24) is 9.78 Å². The molecule has 0 saturated carbocycles. The molecular formula is C16H19BF2N2O2. The molecule has 0 unspecified atom stereocenters. The Balaban J connectivity index is 1.78. The molecule has 3 rings (SSSR count). The second-order valence-electron chi connectivity index (χ2n) is 6.80. The van der Waals surface area contributed by atoms with E-state index in [0.29, 0.717) is 0 Å². The maximum absolute atomic E-state index is 13.7. The lowest BCUT2D eigenvalue weighted by atomic mass is 9.82. The van der Waals surface area contributed by atoms with E-state index in [1.165, 1.54) is 10.7 Å². The number of nitrogens with zero attached hydrogens (tertiary/aromatic N) is 2. The molecule has 0 radical (unpaired) electrons. The lowest BCUT2D eigenvalue weighted by Gasteiger charge is -2.32. The van der Waals surface area contributed by atoms with Crippen molar-refractivity contribution in [3.05, 3.63) is 47.8 Å². The van der Waals surface area contributed by atoms with Gasteiger partial charge in [-0.05, 0) is 45.9 Å². The summed E-state index contributed by atoms with van der Waals surface area (Å²) in [6.45, 7) is 8.03. The summed E-state index contributed by atoms with van der Waals surface area (Å²) in [5.41, 5.74) is 0.122. The van der Waals surface area contributed by atoms with Gasteiger partial charge < -0.3 is 9.31 Å². The minimum Gasteiger partial charge on any atom is -0.399 e. The van der Waals surface area contributed by atoms with Crippen molar-refractivity contribution in [1.29, 1.82) is 0 Å². The van der Waals surface area contributed by atoms with Gasteiger partial charge in [0.15, 0.2) is 0 Å². The van der Waals surface area contributed by atoms with Gasteiger partial charge in [0.2, 0.25) is 0 Å². The van der Waals surface area contributed by atoms with Crippen LogP contribution >= 0.6 is 0 Å². The lowest BCUT2D eigenvalue weighted by Crippen LogP contribution is -2.41. The highest BCUT2D eigenvalue weighted by Gasteiger charge is 2.52. The molecule has 2 aromatic rings. The minimum atomic E-state index is -0.522. The molecule has 1 aromatic heterocycles. The third-order valence-corrected chi connectivity index (χ3v) is 4.52. The zero-order valence-electron chi connectivity index (χ0n) is 13.6. The minimum absolute atomic E-state index is 0.142. The molecule has 0 atom stereocenters. The largest absolute Gasteiger partial charge is 0.498 e. The molecule has 1 aliphatic heterocycles. The van der Waals surface area contributed by atoms with Gasteiger partial charge in [-0.3, -0.25) is 4.68 Å².